The van der Waals surface area contributed by atoms with Gasteiger partial charge in [-0.3, -0.25) is 9.59 Å². The lowest BCUT2D eigenvalue weighted by Crippen LogP contribution is -2.50. The highest BCUT2D eigenvalue weighted by Crippen LogP contribution is 2.31. The van der Waals surface area contributed by atoms with Gasteiger partial charge in [-0.2, -0.15) is 0 Å². The lowest BCUT2D eigenvalue weighted by molar-refractivity contribution is 0.0519. The summed E-state index contributed by atoms with van der Waals surface area (Å²) in [4.78, 5) is 28.9. The molecule has 0 spiro atoms. The van der Waals surface area contributed by atoms with Gasteiger partial charge < -0.3 is 14.2 Å². The Balaban J connectivity index is 1.48. The van der Waals surface area contributed by atoms with Gasteiger partial charge in [0.15, 0.2) is 11.3 Å². The average Bonchev–Trinajstić information content (AvgIpc) is 3.05. The largest absolute Gasteiger partial charge is 0.449 e. The first-order valence-corrected chi connectivity index (χ1v) is 9.83. The maximum Gasteiger partial charge on any atom is 0.290 e. The number of carbonyl (C=O) groups excluding carboxylic acids is 2. The molecule has 2 heterocycles. The van der Waals surface area contributed by atoms with E-state index in [9.17, 15) is 14.0 Å². The standard InChI is InChI=1S/C21H17Cl2FN2O3/c1-12-14-3-2-4-16(22)19(14)29-18(12)21(28)26-9-7-25(8-10-26)20(27)15-6-5-13(24)11-17(15)23/h2-6,11H,7-10H2,1H3. The molecule has 0 bridgehead atoms. The predicted molar refractivity (Wildman–Crippen MR) is 109 cm³/mol. The Hall–Kier alpha value is -2.57. The maximum atomic E-state index is 13.2. The number of aryl methyl sites for hydroxylation is 1. The molecule has 4 rings (SSSR count). The van der Waals surface area contributed by atoms with Crippen LogP contribution in [0.5, 0.6) is 0 Å². The Morgan fingerprint density at radius 2 is 1.62 bits per heavy atom. The van der Waals surface area contributed by atoms with Crippen LogP contribution in [0.2, 0.25) is 10.0 Å². The van der Waals surface area contributed by atoms with Crippen LogP contribution in [0.1, 0.15) is 26.5 Å². The normalized spacial score (nSPS) is 14.5. The molecule has 29 heavy (non-hydrogen) atoms. The summed E-state index contributed by atoms with van der Waals surface area (Å²) < 4.78 is 19.0. The number of piperazine rings is 1. The van der Waals surface area contributed by atoms with Crippen LogP contribution < -0.4 is 0 Å². The number of nitrogens with zero attached hydrogens (tertiary/aromatic N) is 2. The van der Waals surface area contributed by atoms with E-state index in [1.54, 1.807) is 15.9 Å². The van der Waals surface area contributed by atoms with Gasteiger partial charge in [0, 0.05) is 37.1 Å². The van der Waals surface area contributed by atoms with Crippen molar-refractivity contribution in [3.8, 4) is 0 Å². The molecule has 0 aliphatic carbocycles. The molecule has 8 heteroatoms. The quantitative estimate of drug-likeness (QED) is 0.582. The predicted octanol–water partition coefficient (Wildman–Crippen LogP) is 4.79. The lowest BCUT2D eigenvalue weighted by Gasteiger charge is -2.34. The van der Waals surface area contributed by atoms with Crippen LogP contribution in [0.4, 0.5) is 4.39 Å². The van der Waals surface area contributed by atoms with Crippen LogP contribution in [0.15, 0.2) is 40.8 Å². The summed E-state index contributed by atoms with van der Waals surface area (Å²) in [6, 6.07) is 9.08. The molecule has 1 aromatic heterocycles. The Kier molecular flexibility index (Phi) is 5.23. The van der Waals surface area contributed by atoms with Crippen LogP contribution in [-0.2, 0) is 0 Å². The van der Waals surface area contributed by atoms with Crippen LogP contribution in [0, 0.1) is 12.7 Å². The molecule has 2 aromatic carbocycles. The minimum absolute atomic E-state index is 0.0725. The van der Waals surface area contributed by atoms with Gasteiger partial charge in [-0.25, -0.2) is 4.39 Å². The number of furan rings is 1. The fourth-order valence-corrected chi connectivity index (χ4v) is 3.96. The van der Waals surface area contributed by atoms with E-state index in [-0.39, 0.29) is 28.2 Å². The van der Waals surface area contributed by atoms with Crippen LogP contribution in [0.25, 0.3) is 11.0 Å². The molecule has 0 saturated carbocycles. The summed E-state index contributed by atoms with van der Waals surface area (Å²) in [7, 11) is 0. The van der Waals surface area contributed by atoms with Crippen LogP contribution >= 0.6 is 23.2 Å². The Morgan fingerprint density at radius 1 is 0.966 bits per heavy atom. The summed E-state index contributed by atoms with van der Waals surface area (Å²) in [6.07, 6.45) is 0. The smallest absolute Gasteiger partial charge is 0.290 e. The lowest BCUT2D eigenvalue weighted by atomic mass is 10.1. The van der Waals surface area contributed by atoms with Crippen molar-refractivity contribution in [2.45, 2.75) is 6.92 Å². The molecule has 1 fully saturated rings. The van der Waals surface area contributed by atoms with Crippen molar-refractivity contribution >= 4 is 46.0 Å². The molecule has 0 N–H and O–H groups in total. The highest BCUT2D eigenvalue weighted by molar-refractivity contribution is 6.35. The number of hydrogen-bond donors (Lipinski definition) is 0. The van der Waals surface area contributed by atoms with Gasteiger partial charge in [-0.05, 0) is 31.2 Å². The van der Waals surface area contributed by atoms with Gasteiger partial charge in [-0.15, -0.1) is 0 Å². The second-order valence-corrected chi connectivity index (χ2v) is 7.70. The monoisotopic (exact) mass is 434 g/mol. The second-order valence-electron chi connectivity index (χ2n) is 6.88. The molecular formula is C21H17Cl2FN2O3. The Labute approximate surface area is 176 Å². The van der Waals surface area contributed by atoms with E-state index in [4.69, 9.17) is 27.6 Å². The summed E-state index contributed by atoms with van der Waals surface area (Å²) in [5.74, 6) is -0.756. The van der Waals surface area contributed by atoms with Gasteiger partial charge in [-0.1, -0.05) is 35.3 Å². The molecule has 2 amide bonds. The average molecular weight is 435 g/mol. The number of halogens is 3. The van der Waals surface area contributed by atoms with Crippen molar-refractivity contribution in [3.63, 3.8) is 0 Å². The number of fused-ring (bicyclic) bond motifs is 1. The highest BCUT2D eigenvalue weighted by Gasteiger charge is 2.29. The van der Waals surface area contributed by atoms with Crippen molar-refractivity contribution in [1.82, 2.24) is 9.80 Å². The number of amides is 2. The van der Waals surface area contributed by atoms with Crippen molar-refractivity contribution in [3.05, 3.63) is 69.1 Å². The van der Waals surface area contributed by atoms with E-state index < -0.39 is 5.82 Å². The van der Waals surface area contributed by atoms with E-state index in [2.05, 4.69) is 0 Å². The zero-order valence-electron chi connectivity index (χ0n) is 15.5. The van der Waals surface area contributed by atoms with Crippen molar-refractivity contribution in [2.24, 2.45) is 0 Å². The van der Waals surface area contributed by atoms with Gasteiger partial charge >= 0.3 is 0 Å². The number of carbonyl (C=O) groups is 2. The summed E-state index contributed by atoms with van der Waals surface area (Å²) in [5.41, 5.74) is 1.48. The fraction of sp³-hybridized carbons (Fsp3) is 0.238. The van der Waals surface area contributed by atoms with Crippen molar-refractivity contribution in [1.29, 1.82) is 0 Å². The van der Waals surface area contributed by atoms with Crippen LogP contribution in [0.3, 0.4) is 0 Å². The minimum atomic E-state index is -0.497. The molecule has 5 nitrogen and oxygen atoms in total. The highest BCUT2D eigenvalue weighted by atomic mass is 35.5. The van der Waals surface area contributed by atoms with E-state index in [1.165, 1.54) is 12.1 Å². The van der Waals surface area contributed by atoms with E-state index in [1.807, 2.05) is 19.1 Å². The Morgan fingerprint density at radius 3 is 2.24 bits per heavy atom. The minimum Gasteiger partial charge on any atom is -0.449 e. The molecule has 0 atom stereocenters. The maximum absolute atomic E-state index is 13.2. The van der Waals surface area contributed by atoms with E-state index in [0.29, 0.717) is 36.8 Å². The third-order valence-corrected chi connectivity index (χ3v) is 5.74. The zero-order chi connectivity index (χ0) is 20.7. The third-order valence-electron chi connectivity index (χ3n) is 5.13. The molecule has 150 valence electrons. The topological polar surface area (TPSA) is 53.8 Å². The number of para-hydroxylation sites is 1. The van der Waals surface area contributed by atoms with Crippen molar-refractivity contribution in [2.75, 3.05) is 26.2 Å². The summed E-state index contributed by atoms with van der Waals surface area (Å²) in [6.45, 7) is 3.23. The molecule has 3 aromatic rings. The SMILES string of the molecule is Cc1c(C(=O)N2CCN(C(=O)c3ccc(F)cc3Cl)CC2)oc2c(Cl)cccc12. The fourth-order valence-electron chi connectivity index (χ4n) is 3.50. The van der Waals surface area contributed by atoms with Gasteiger partial charge in [0.1, 0.15) is 5.82 Å². The van der Waals surface area contributed by atoms with Gasteiger partial charge in [0.25, 0.3) is 11.8 Å². The first-order valence-electron chi connectivity index (χ1n) is 9.08. The number of hydrogen-bond acceptors (Lipinski definition) is 3. The third kappa shape index (κ3) is 3.58. The molecule has 1 aliphatic rings. The van der Waals surface area contributed by atoms with Gasteiger partial charge in [0.2, 0.25) is 0 Å². The van der Waals surface area contributed by atoms with Crippen molar-refractivity contribution < 1.29 is 18.4 Å². The summed E-state index contributed by atoms with van der Waals surface area (Å²) in [5, 5.41) is 1.33. The number of benzene rings is 2. The van der Waals surface area contributed by atoms with E-state index in [0.717, 1.165) is 17.0 Å². The molecule has 0 unspecified atom stereocenters. The zero-order valence-corrected chi connectivity index (χ0v) is 17.1. The van der Waals surface area contributed by atoms with E-state index >= 15 is 0 Å². The Bertz CT molecular complexity index is 1120. The molecular weight excluding hydrogens is 418 g/mol. The van der Waals surface area contributed by atoms with Crippen LogP contribution in [-0.4, -0.2) is 47.8 Å². The second kappa shape index (κ2) is 7.69. The number of rotatable bonds is 2. The van der Waals surface area contributed by atoms with Gasteiger partial charge in [0.05, 0.1) is 15.6 Å². The molecule has 1 aliphatic heterocycles. The summed E-state index contributed by atoms with van der Waals surface area (Å²) >= 11 is 12.2. The first-order chi connectivity index (χ1) is 13.9. The first kappa shape index (κ1) is 19.7. The molecule has 1 saturated heterocycles. The molecule has 0 radical (unpaired) electrons.